The summed E-state index contributed by atoms with van der Waals surface area (Å²) >= 11 is 0. The molecule has 0 saturated carbocycles. The number of benzene rings is 2. The van der Waals surface area contributed by atoms with Crippen LogP contribution < -0.4 is 21.9 Å². The Morgan fingerprint density at radius 3 is 2.52 bits per heavy atom. The maximum absolute atomic E-state index is 13.0. The first-order chi connectivity index (χ1) is 15.8. The number of amides is 1. The monoisotopic (exact) mass is 444 g/mol. The van der Waals surface area contributed by atoms with Crippen LogP contribution in [-0.4, -0.2) is 20.8 Å². The number of anilines is 2. The van der Waals surface area contributed by atoms with E-state index in [1.165, 1.54) is 11.6 Å². The number of hydrogen-bond donors (Lipinski definition) is 2. The minimum Gasteiger partial charge on any atom is -0.338 e. The lowest BCUT2D eigenvalue weighted by Crippen LogP contribution is -2.40. The number of rotatable bonds is 5. The van der Waals surface area contributed by atoms with Gasteiger partial charge in [0.2, 0.25) is 5.78 Å². The fourth-order valence-corrected chi connectivity index (χ4v) is 3.73. The van der Waals surface area contributed by atoms with Crippen LogP contribution in [0.15, 0.2) is 63.8 Å². The van der Waals surface area contributed by atoms with E-state index in [0.717, 1.165) is 10.1 Å². The van der Waals surface area contributed by atoms with E-state index in [0.29, 0.717) is 29.8 Å². The van der Waals surface area contributed by atoms with Crippen LogP contribution in [-0.2, 0) is 13.6 Å². The molecular formula is C25H24N4O4. The van der Waals surface area contributed by atoms with E-state index >= 15 is 0 Å². The van der Waals surface area contributed by atoms with Gasteiger partial charge >= 0.3 is 5.69 Å². The lowest BCUT2D eigenvalue weighted by atomic mass is 10.1. The molecule has 1 aliphatic rings. The molecule has 2 aromatic carbocycles. The number of Topliss-reactive ketones (excluding diaryl/α,β-unsaturated/α-hetero) is 1. The second-order valence-corrected chi connectivity index (χ2v) is 7.98. The smallest absolute Gasteiger partial charge is 0.332 e. The average molecular weight is 444 g/mol. The Morgan fingerprint density at radius 1 is 1.09 bits per heavy atom. The summed E-state index contributed by atoms with van der Waals surface area (Å²) in [5.74, 6) is -0.482. The van der Waals surface area contributed by atoms with Gasteiger partial charge < -0.3 is 10.6 Å². The minimum atomic E-state index is -0.623. The molecule has 2 N–H and O–H groups in total. The summed E-state index contributed by atoms with van der Waals surface area (Å²) < 4.78 is 2.37. The van der Waals surface area contributed by atoms with Crippen LogP contribution in [0.2, 0.25) is 0 Å². The molecule has 0 aliphatic carbocycles. The Balaban J connectivity index is 1.64. The largest absolute Gasteiger partial charge is 0.338 e. The predicted octanol–water partition coefficient (Wildman–Crippen LogP) is 3.17. The zero-order valence-electron chi connectivity index (χ0n) is 18.6. The SMILES string of the molecule is CCCn1c2c(c(=O)n(C)c1=O)C(=O)/C(=C/c1cccc(NC(=O)c3ccc(C)cc3)c1)N2. The molecule has 1 amide bonds. The molecule has 33 heavy (non-hydrogen) atoms. The number of carbonyl (C=O) groups excluding carboxylic acids is 2. The van der Waals surface area contributed by atoms with E-state index < -0.39 is 17.0 Å². The number of nitrogens with one attached hydrogen (secondary N) is 2. The Kier molecular flexibility index (Phi) is 5.83. The van der Waals surface area contributed by atoms with Gasteiger partial charge in [-0.25, -0.2) is 4.79 Å². The molecule has 0 radical (unpaired) electrons. The number of carbonyl (C=O) groups is 2. The minimum absolute atomic E-state index is 0.0411. The van der Waals surface area contributed by atoms with Gasteiger partial charge in [0.1, 0.15) is 11.4 Å². The van der Waals surface area contributed by atoms with Gasteiger partial charge in [-0.15, -0.1) is 0 Å². The molecule has 168 valence electrons. The van der Waals surface area contributed by atoms with Crippen molar-refractivity contribution >= 4 is 29.3 Å². The number of hydrogen-bond acceptors (Lipinski definition) is 5. The van der Waals surface area contributed by atoms with Crippen LogP contribution >= 0.6 is 0 Å². The van der Waals surface area contributed by atoms with Crippen LogP contribution in [0.25, 0.3) is 6.08 Å². The van der Waals surface area contributed by atoms with Crippen molar-refractivity contribution in [3.8, 4) is 0 Å². The zero-order valence-corrected chi connectivity index (χ0v) is 18.6. The molecule has 2 heterocycles. The van der Waals surface area contributed by atoms with Crippen molar-refractivity contribution in [1.29, 1.82) is 0 Å². The van der Waals surface area contributed by atoms with E-state index in [-0.39, 0.29) is 23.0 Å². The van der Waals surface area contributed by atoms with Gasteiger partial charge in [0.25, 0.3) is 11.5 Å². The molecule has 3 aromatic rings. The summed E-state index contributed by atoms with van der Waals surface area (Å²) in [6.45, 7) is 4.24. The molecule has 0 saturated heterocycles. The van der Waals surface area contributed by atoms with Crippen molar-refractivity contribution in [2.75, 3.05) is 10.6 Å². The van der Waals surface area contributed by atoms with Crippen LogP contribution in [0.1, 0.15) is 45.2 Å². The summed E-state index contributed by atoms with van der Waals surface area (Å²) in [5, 5.41) is 5.81. The maximum atomic E-state index is 13.0. The van der Waals surface area contributed by atoms with Gasteiger partial charge in [-0.1, -0.05) is 36.8 Å². The molecule has 1 aromatic heterocycles. The van der Waals surface area contributed by atoms with Crippen molar-refractivity contribution < 1.29 is 9.59 Å². The van der Waals surface area contributed by atoms with Crippen molar-refractivity contribution in [3.63, 3.8) is 0 Å². The number of aromatic nitrogens is 2. The number of allylic oxidation sites excluding steroid dienone is 1. The predicted molar refractivity (Wildman–Crippen MR) is 128 cm³/mol. The fourth-order valence-electron chi connectivity index (χ4n) is 3.73. The fraction of sp³-hybridized carbons (Fsp3) is 0.200. The molecule has 8 heteroatoms. The van der Waals surface area contributed by atoms with Gasteiger partial charge in [0.15, 0.2) is 0 Å². The third-order valence-electron chi connectivity index (χ3n) is 5.48. The number of aryl methyl sites for hydroxylation is 1. The standard InChI is InChI=1S/C25H24N4O4/c1-4-12-29-22-20(24(32)28(3)25(29)33)21(30)19(27-22)14-16-6-5-7-18(13-16)26-23(31)17-10-8-15(2)9-11-17/h5-11,13-14,27H,4,12H2,1-3H3,(H,26,31)/b19-14-. The van der Waals surface area contributed by atoms with Crippen molar-refractivity contribution in [1.82, 2.24) is 9.13 Å². The highest BCUT2D eigenvalue weighted by molar-refractivity contribution is 6.19. The summed E-state index contributed by atoms with van der Waals surface area (Å²) in [6.07, 6.45) is 2.27. The number of ketones is 1. The Labute approximate surface area is 190 Å². The van der Waals surface area contributed by atoms with Gasteiger partial charge in [-0.2, -0.15) is 0 Å². The van der Waals surface area contributed by atoms with E-state index in [1.54, 1.807) is 42.5 Å². The van der Waals surface area contributed by atoms with Crippen molar-refractivity contribution in [2.45, 2.75) is 26.8 Å². The number of fused-ring (bicyclic) bond motifs is 1. The highest BCUT2D eigenvalue weighted by Gasteiger charge is 2.32. The topological polar surface area (TPSA) is 102 Å². The van der Waals surface area contributed by atoms with Gasteiger partial charge in [-0.05, 0) is 49.2 Å². The van der Waals surface area contributed by atoms with Gasteiger partial charge in [-0.3, -0.25) is 23.5 Å². The second-order valence-electron chi connectivity index (χ2n) is 7.98. The lowest BCUT2D eigenvalue weighted by Gasteiger charge is -2.11. The quantitative estimate of drug-likeness (QED) is 0.589. The first-order valence-electron chi connectivity index (χ1n) is 10.7. The maximum Gasteiger partial charge on any atom is 0.332 e. The summed E-state index contributed by atoms with van der Waals surface area (Å²) in [6, 6.07) is 14.3. The van der Waals surface area contributed by atoms with Crippen molar-refractivity contribution in [3.05, 3.63) is 97.3 Å². The Hall–Kier alpha value is -4.20. The molecule has 0 spiro atoms. The molecule has 0 bridgehead atoms. The van der Waals surface area contributed by atoms with Gasteiger partial charge in [0, 0.05) is 24.8 Å². The zero-order chi connectivity index (χ0) is 23.7. The molecular weight excluding hydrogens is 420 g/mol. The van der Waals surface area contributed by atoms with E-state index in [4.69, 9.17) is 0 Å². The van der Waals surface area contributed by atoms with Crippen LogP contribution in [0.3, 0.4) is 0 Å². The molecule has 8 nitrogen and oxygen atoms in total. The molecule has 0 unspecified atom stereocenters. The van der Waals surface area contributed by atoms with E-state index in [1.807, 2.05) is 26.0 Å². The lowest BCUT2D eigenvalue weighted by molar-refractivity contribution is 0.102. The Bertz CT molecular complexity index is 1410. The highest BCUT2D eigenvalue weighted by Crippen LogP contribution is 2.26. The third kappa shape index (κ3) is 4.15. The van der Waals surface area contributed by atoms with Crippen LogP contribution in [0.4, 0.5) is 11.5 Å². The normalized spacial score (nSPS) is 13.7. The van der Waals surface area contributed by atoms with Crippen LogP contribution in [0, 0.1) is 6.92 Å². The van der Waals surface area contributed by atoms with E-state index in [9.17, 15) is 19.2 Å². The highest BCUT2D eigenvalue weighted by atomic mass is 16.2. The number of nitrogens with zero attached hydrogens (tertiary/aromatic N) is 2. The molecule has 1 aliphatic heterocycles. The van der Waals surface area contributed by atoms with Crippen LogP contribution in [0.5, 0.6) is 0 Å². The third-order valence-corrected chi connectivity index (χ3v) is 5.48. The van der Waals surface area contributed by atoms with E-state index in [2.05, 4.69) is 10.6 Å². The summed E-state index contributed by atoms with van der Waals surface area (Å²) in [4.78, 5) is 50.6. The Morgan fingerprint density at radius 2 is 1.82 bits per heavy atom. The molecule has 4 rings (SSSR count). The first-order valence-corrected chi connectivity index (χ1v) is 10.7. The van der Waals surface area contributed by atoms with Gasteiger partial charge in [0.05, 0.1) is 5.70 Å². The average Bonchev–Trinajstić information content (AvgIpc) is 3.11. The summed E-state index contributed by atoms with van der Waals surface area (Å²) in [5.41, 5.74) is 1.88. The first kappa shape index (κ1) is 22.0. The second kappa shape index (κ2) is 8.74. The molecule has 0 fully saturated rings. The van der Waals surface area contributed by atoms with Crippen molar-refractivity contribution in [2.24, 2.45) is 7.05 Å². The molecule has 0 atom stereocenters. The summed E-state index contributed by atoms with van der Waals surface area (Å²) in [7, 11) is 1.37.